The van der Waals surface area contributed by atoms with Gasteiger partial charge in [0.25, 0.3) is 0 Å². The number of nitrogen functional groups attached to an aromatic ring is 1. The zero-order chi connectivity index (χ0) is 15.0. The predicted octanol–water partition coefficient (Wildman–Crippen LogP) is 3.53. The Bertz CT molecular complexity index is 392. The third-order valence-corrected chi connectivity index (χ3v) is 2.72. The van der Waals surface area contributed by atoms with Crippen molar-refractivity contribution in [3.8, 4) is 5.75 Å². The topological polar surface area (TPSA) is 56.5 Å². The number of nitrogens with two attached hydrogens (primary N) is 1. The molecule has 0 amide bonds. The SMILES string of the molecule is CC(C)CCOCCNc1cc(N)cc(OC(C)C)c1. The van der Waals surface area contributed by atoms with Crippen LogP contribution in [0.25, 0.3) is 0 Å². The highest BCUT2D eigenvalue weighted by molar-refractivity contribution is 5.59. The molecule has 4 heteroatoms. The van der Waals surface area contributed by atoms with Gasteiger partial charge < -0.3 is 20.5 Å². The van der Waals surface area contributed by atoms with E-state index in [2.05, 4.69) is 19.2 Å². The predicted molar refractivity (Wildman–Crippen MR) is 85.4 cm³/mol. The summed E-state index contributed by atoms with van der Waals surface area (Å²) in [5.74, 6) is 1.48. The summed E-state index contributed by atoms with van der Waals surface area (Å²) in [6, 6.07) is 5.70. The van der Waals surface area contributed by atoms with E-state index in [0.717, 1.165) is 31.0 Å². The summed E-state index contributed by atoms with van der Waals surface area (Å²) in [5, 5.41) is 3.30. The zero-order valence-electron chi connectivity index (χ0n) is 13.1. The van der Waals surface area contributed by atoms with Gasteiger partial charge in [0.2, 0.25) is 0 Å². The summed E-state index contributed by atoms with van der Waals surface area (Å²) in [6.07, 6.45) is 1.24. The van der Waals surface area contributed by atoms with Crippen molar-refractivity contribution in [3.63, 3.8) is 0 Å². The summed E-state index contributed by atoms with van der Waals surface area (Å²) < 4.78 is 11.2. The van der Waals surface area contributed by atoms with Crippen molar-refractivity contribution in [2.75, 3.05) is 30.8 Å². The van der Waals surface area contributed by atoms with Crippen LogP contribution in [0, 0.1) is 5.92 Å². The Morgan fingerprint density at radius 3 is 2.50 bits per heavy atom. The third-order valence-electron chi connectivity index (χ3n) is 2.72. The van der Waals surface area contributed by atoms with E-state index >= 15 is 0 Å². The quantitative estimate of drug-likeness (QED) is 0.536. The average Bonchev–Trinajstić information content (AvgIpc) is 2.31. The van der Waals surface area contributed by atoms with Gasteiger partial charge in [-0.2, -0.15) is 0 Å². The van der Waals surface area contributed by atoms with Gasteiger partial charge in [0.05, 0.1) is 12.7 Å². The third kappa shape index (κ3) is 7.24. The van der Waals surface area contributed by atoms with Crippen LogP contribution in [0.3, 0.4) is 0 Å². The van der Waals surface area contributed by atoms with Crippen LogP contribution in [0.5, 0.6) is 5.75 Å². The number of benzene rings is 1. The molecule has 0 aliphatic rings. The Morgan fingerprint density at radius 1 is 1.10 bits per heavy atom. The number of hydrogen-bond acceptors (Lipinski definition) is 4. The van der Waals surface area contributed by atoms with Crippen LogP contribution in [-0.2, 0) is 4.74 Å². The van der Waals surface area contributed by atoms with E-state index < -0.39 is 0 Å². The molecule has 0 heterocycles. The van der Waals surface area contributed by atoms with Gasteiger partial charge in [0, 0.05) is 36.7 Å². The number of nitrogens with one attached hydrogen (secondary N) is 1. The van der Waals surface area contributed by atoms with Crippen molar-refractivity contribution in [2.45, 2.75) is 40.2 Å². The molecule has 0 fully saturated rings. The minimum atomic E-state index is 0.143. The van der Waals surface area contributed by atoms with Gasteiger partial charge in [0.1, 0.15) is 5.75 Å². The second-order valence-corrected chi connectivity index (χ2v) is 5.68. The maximum atomic E-state index is 5.87. The first-order valence-electron chi connectivity index (χ1n) is 7.36. The van der Waals surface area contributed by atoms with Gasteiger partial charge in [-0.1, -0.05) is 13.8 Å². The van der Waals surface area contributed by atoms with Crippen LogP contribution < -0.4 is 15.8 Å². The molecule has 20 heavy (non-hydrogen) atoms. The van der Waals surface area contributed by atoms with E-state index in [4.69, 9.17) is 15.2 Å². The van der Waals surface area contributed by atoms with Crippen molar-refractivity contribution in [1.82, 2.24) is 0 Å². The summed E-state index contributed by atoms with van der Waals surface area (Å²) >= 11 is 0. The molecular weight excluding hydrogens is 252 g/mol. The Kier molecular flexibility index (Phi) is 7.23. The van der Waals surface area contributed by atoms with Crippen LogP contribution in [0.4, 0.5) is 11.4 Å². The van der Waals surface area contributed by atoms with Crippen molar-refractivity contribution in [3.05, 3.63) is 18.2 Å². The highest BCUT2D eigenvalue weighted by Crippen LogP contribution is 2.23. The average molecular weight is 280 g/mol. The lowest BCUT2D eigenvalue weighted by Crippen LogP contribution is -2.11. The highest BCUT2D eigenvalue weighted by atomic mass is 16.5. The second-order valence-electron chi connectivity index (χ2n) is 5.68. The normalized spacial score (nSPS) is 11.1. The zero-order valence-corrected chi connectivity index (χ0v) is 13.1. The van der Waals surface area contributed by atoms with E-state index in [1.165, 1.54) is 0 Å². The molecule has 0 saturated heterocycles. The van der Waals surface area contributed by atoms with Crippen LogP contribution in [0.15, 0.2) is 18.2 Å². The van der Waals surface area contributed by atoms with Gasteiger partial charge in [0.15, 0.2) is 0 Å². The molecule has 0 radical (unpaired) electrons. The van der Waals surface area contributed by atoms with Crippen molar-refractivity contribution >= 4 is 11.4 Å². The fraction of sp³-hybridized carbons (Fsp3) is 0.625. The van der Waals surface area contributed by atoms with Crippen LogP contribution >= 0.6 is 0 Å². The van der Waals surface area contributed by atoms with Gasteiger partial charge in [-0.25, -0.2) is 0 Å². The molecule has 1 rings (SSSR count). The number of ether oxygens (including phenoxy) is 2. The molecule has 0 atom stereocenters. The molecule has 0 aliphatic heterocycles. The molecule has 114 valence electrons. The molecule has 1 aromatic rings. The number of anilines is 2. The van der Waals surface area contributed by atoms with E-state index in [1.807, 2.05) is 32.0 Å². The lowest BCUT2D eigenvalue weighted by molar-refractivity contribution is 0.132. The maximum absolute atomic E-state index is 5.87. The lowest BCUT2D eigenvalue weighted by atomic mass is 10.1. The maximum Gasteiger partial charge on any atom is 0.123 e. The minimum absolute atomic E-state index is 0.143. The van der Waals surface area contributed by atoms with Gasteiger partial charge in [-0.3, -0.25) is 0 Å². The summed E-state index contributed by atoms with van der Waals surface area (Å²) in [7, 11) is 0. The molecule has 0 aliphatic carbocycles. The molecule has 4 nitrogen and oxygen atoms in total. The lowest BCUT2D eigenvalue weighted by Gasteiger charge is -2.13. The molecule has 1 aromatic carbocycles. The first-order valence-corrected chi connectivity index (χ1v) is 7.36. The molecule has 3 N–H and O–H groups in total. The number of rotatable bonds is 9. The van der Waals surface area contributed by atoms with Crippen LogP contribution in [-0.4, -0.2) is 25.9 Å². The fourth-order valence-corrected chi connectivity index (χ4v) is 1.75. The summed E-state index contributed by atoms with van der Waals surface area (Å²) in [5.41, 5.74) is 7.54. The van der Waals surface area contributed by atoms with Gasteiger partial charge >= 0.3 is 0 Å². The van der Waals surface area contributed by atoms with E-state index in [-0.39, 0.29) is 6.10 Å². The molecule has 0 spiro atoms. The van der Waals surface area contributed by atoms with Crippen LogP contribution in [0.1, 0.15) is 34.1 Å². The standard InChI is InChI=1S/C16H28N2O2/c1-12(2)5-7-19-8-6-18-15-9-14(17)10-16(11-15)20-13(3)4/h9-13,18H,5-8,17H2,1-4H3. The van der Waals surface area contributed by atoms with Crippen molar-refractivity contribution < 1.29 is 9.47 Å². The largest absolute Gasteiger partial charge is 0.491 e. The second kappa shape index (κ2) is 8.69. The fourth-order valence-electron chi connectivity index (χ4n) is 1.75. The molecule has 0 unspecified atom stereocenters. The molecule has 0 bridgehead atoms. The number of hydrogen-bond donors (Lipinski definition) is 2. The van der Waals surface area contributed by atoms with E-state index in [9.17, 15) is 0 Å². The smallest absolute Gasteiger partial charge is 0.123 e. The highest BCUT2D eigenvalue weighted by Gasteiger charge is 2.02. The van der Waals surface area contributed by atoms with E-state index in [0.29, 0.717) is 18.2 Å². The Hall–Kier alpha value is -1.42. The molecular formula is C16H28N2O2. The monoisotopic (exact) mass is 280 g/mol. The molecule has 0 aromatic heterocycles. The van der Waals surface area contributed by atoms with Gasteiger partial charge in [-0.15, -0.1) is 0 Å². The van der Waals surface area contributed by atoms with Crippen molar-refractivity contribution in [1.29, 1.82) is 0 Å². The minimum Gasteiger partial charge on any atom is -0.491 e. The first kappa shape index (κ1) is 16.6. The Morgan fingerprint density at radius 2 is 1.85 bits per heavy atom. The summed E-state index contributed by atoms with van der Waals surface area (Å²) in [4.78, 5) is 0. The van der Waals surface area contributed by atoms with E-state index in [1.54, 1.807) is 0 Å². The Balaban J connectivity index is 2.34. The van der Waals surface area contributed by atoms with Gasteiger partial charge in [-0.05, 0) is 32.3 Å². The van der Waals surface area contributed by atoms with Crippen molar-refractivity contribution in [2.24, 2.45) is 5.92 Å². The summed E-state index contributed by atoms with van der Waals surface area (Å²) in [6.45, 7) is 10.7. The first-order chi connectivity index (χ1) is 9.47. The van der Waals surface area contributed by atoms with Crippen LogP contribution in [0.2, 0.25) is 0 Å². The molecule has 0 saturated carbocycles. The Labute approximate surface area is 122 Å².